The standard InChI is InChI=1S/C18H22O2/c1-13-11-17(18(20-3)12-14(13)2)16(9-10-19)15-7-5-4-6-8-15/h4-8,11-12,16,19H,9-10H2,1-3H3. The van der Waals surface area contributed by atoms with Crippen LogP contribution in [0.25, 0.3) is 0 Å². The Morgan fingerprint density at radius 1 is 1.05 bits per heavy atom. The van der Waals surface area contributed by atoms with Gasteiger partial charge < -0.3 is 9.84 Å². The molecule has 2 aromatic rings. The fraction of sp³-hybridized carbons (Fsp3) is 0.333. The van der Waals surface area contributed by atoms with Crippen molar-refractivity contribution >= 4 is 0 Å². The maximum atomic E-state index is 9.41. The number of aryl methyl sites for hydroxylation is 2. The van der Waals surface area contributed by atoms with Gasteiger partial charge in [0.05, 0.1) is 7.11 Å². The summed E-state index contributed by atoms with van der Waals surface area (Å²) in [7, 11) is 1.70. The lowest BCUT2D eigenvalue weighted by Gasteiger charge is -2.21. The first-order valence-corrected chi connectivity index (χ1v) is 6.98. The van der Waals surface area contributed by atoms with Gasteiger partial charge in [0.1, 0.15) is 5.75 Å². The summed E-state index contributed by atoms with van der Waals surface area (Å²) in [5.41, 5.74) is 4.83. The van der Waals surface area contributed by atoms with Crippen LogP contribution < -0.4 is 4.74 Å². The third-order valence-corrected chi connectivity index (χ3v) is 3.84. The van der Waals surface area contributed by atoms with E-state index in [4.69, 9.17) is 4.74 Å². The van der Waals surface area contributed by atoms with E-state index in [0.29, 0.717) is 6.42 Å². The van der Waals surface area contributed by atoms with Gasteiger partial charge in [-0.15, -0.1) is 0 Å². The summed E-state index contributed by atoms with van der Waals surface area (Å²) >= 11 is 0. The van der Waals surface area contributed by atoms with E-state index in [-0.39, 0.29) is 12.5 Å². The van der Waals surface area contributed by atoms with E-state index in [1.165, 1.54) is 16.7 Å². The molecule has 0 saturated carbocycles. The lowest BCUT2D eigenvalue weighted by molar-refractivity contribution is 0.280. The molecule has 2 nitrogen and oxygen atoms in total. The zero-order valence-corrected chi connectivity index (χ0v) is 12.4. The second kappa shape index (κ2) is 6.58. The Morgan fingerprint density at radius 3 is 2.30 bits per heavy atom. The number of benzene rings is 2. The number of hydrogen-bond donors (Lipinski definition) is 1. The molecule has 2 rings (SSSR count). The van der Waals surface area contributed by atoms with E-state index in [0.717, 1.165) is 11.3 Å². The highest BCUT2D eigenvalue weighted by Crippen LogP contribution is 2.35. The van der Waals surface area contributed by atoms with Crippen molar-refractivity contribution < 1.29 is 9.84 Å². The smallest absolute Gasteiger partial charge is 0.122 e. The van der Waals surface area contributed by atoms with E-state index < -0.39 is 0 Å². The van der Waals surface area contributed by atoms with Gasteiger partial charge in [-0.25, -0.2) is 0 Å². The van der Waals surface area contributed by atoms with Gasteiger partial charge >= 0.3 is 0 Å². The van der Waals surface area contributed by atoms with E-state index in [2.05, 4.69) is 38.1 Å². The molecule has 0 amide bonds. The van der Waals surface area contributed by atoms with Crippen LogP contribution in [0.5, 0.6) is 5.75 Å². The van der Waals surface area contributed by atoms with Crippen LogP contribution in [-0.2, 0) is 0 Å². The van der Waals surface area contributed by atoms with Gasteiger partial charge in [-0.3, -0.25) is 0 Å². The van der Waals surface area contributed by atoms with Crippen molar-refractivity contribution in [1.82, 2.24) is 0 Å². The molecule has 1 atom stereocenters. The SMILES string of the molecule is COc1cc(C)c(C)cc1C(CCO)c1ccccc1. The molecule has 0 bridgehead atoms. The fourth-order valence-electron chi connectivity index (χ4n) is 2.58. The Hall–Kier alpha value is -1.80. The van der Waals surface area contributed by atoms with Crippen molar-refractivity contribution in [3.8, 4) is 5.75 Å². The average molecular weight is 270 g/mol. The number of hydrogen-bond acceptors (Lipinski definition) is 2. The van der Waals surface area contributed by atoms with Crippen molar-refractivity contribution in [1.29, 1.82) is 0 Å². The summed E-state index contributed by atoms with van der Waals surface area (Å²) in [6, 6.07) is 14.6. The number of rotatable bonds is 5. The molecule has 2 heteroatoms. The Kier molecular flexibility index (Phi) is 4.80. The minimum absolute atomic E-state index is 0.162. The molecule has 106 valence electrons. The van der Waals surface area contributed by atoms with Gasteiger partial charge in [0.15, 0.2) is 0 Å². The van der Waals surface area contributed by atoms with E-state index >= 15 is 0 Å². The summed E-state index contributed by atoms with van der Waals surface area (Å²) in [6.07, 6.45) is 0.697. The minimum Gasteiger partial charge on any atom is -0.496 e. The summed E-state index contributed by atoms with van der Waals surface area (Å²) < 4.78 is 5.55. The highest BCUT2D eigenvalue weighted by molar-refractivity contribution is 5.47. The second-order valence-corrected chi connectivity index (χ2v) is 5.15. The third kappa shape index (κ3) is 3.02. The molecule has 0 spiro atoms. The monoisotopic (exact) mass is 270 g/mol. The van der Waals surface area contributed by atoms with E-state index in [9.17, 15) is 5.11 Å². The molecule has 0 fully saturated rings. The van der Waals surface area contributed by atoms with Crippen LogP contribution in [0.4, 0.5) is 0 Å². The zero-order valence-electron chi connectivity index (χ0n) is 12.4. The first-order valence-electron chi connectivity index (χ1n) is 6.98. The van der Waals surface area contributed by atoms with Gasteiger partial charge in [-0.2, -0.15) is 0 Å². The van der Waals surface area contributed by atoms with Crippen LogP contribution in [0.1, 0.15) is 34.6 Å². The molecule has 0 aromatic heterocycles. The van der Waals surface area contributed by atoms with Crippen LogP contribution in [0.2, 0.25) is 0 Å². The van der Waals surface area contributed by atoms with Gasteiger partial charge in [0.25, 0.3) is 0 Å². The van der Waals surface area contributed by atoms with Crippen LogP contribution >= 0.6 is 0 Å². The molecular weight excluding hydrogens is 248 g/mol. The van der Waals surface area contributed by atoms with Crippen LogP contribution in [0, 0.1) is 13.8 Å². The maximum absolute atomic E-state index is 9.41. The zero-order chi connectivity index (χ0) is 14.5. The topological polar surface area (TPSA) is 29.5 Å². The summed E-state index contributed by atoms with van der Waals surface area (Å²) in [6.45, 7) is 4.36. The molecule has 0 aliphatic carbocycles. The number of methoxy groups -OCH3 is 1. The van der Waals surface area contributed by atoms with E-state index in [1.807, 2.05) is 18.2 Å². The molecule has 1 unspecified atom stereocenters. The lowest BCUT2D eigenvalue weighted by Crippen LogP contribution is -2.06. The molecule has 20 heavy (non-hydrogen) atoms. The van der Waals surface area contributed by atoms with Crippen molar-refractivity contribution in [3.63, 3.8) is 0 Å². The van der Waals surface area contributed by atoms with Crippen LogP contribution in [0.15, 0.2) is 42.5 Å². The Bertz CT molecular complexity index is 561. The molecule has 0 heterocycles. The molecule has 1 N–H and O–H groups in total. The molecular formula is C18H22O2. The number of aliphatic hydroxyl groups excluding tert-OH is 1. The molecule has 2 aromatic carbocycles. The van der Waals surface area contributed by atoms with Crippen LogP contribution in [-0.4, -0.2) is 18.8 Å². The third-order valence-electron chi connectivity index (χ3n) is 3.84. The Balaban J connectivity index is 2.52. The van der Waals surface area contributed by atoms with Gasteiger partial charge in [-0.05, 0) is 43.0 Å². The Morgan fingerprint density at radius 2 is 1.70 bits per heavy atom. The highest BCUT2D eigenvalue weighted by Gasteiger charge is 2.18. The predicted octanol–water partition coefficient (Wildman–Crippen LogP) is 3.83. The molecule has 0 aliphatic rings. The van der Waals surface area contributed by atoms with Gasteiger partial charge in [0.2, 0.25) is 0 Å². The summed E-state index contributed by atoms with van der Waals surface area (Å²) in [4.78, 5) is 0. The summed E-state index contributed by atoms with van der Waals surface area (Å²) in [5.74, 6) is 1.06. The number of aliphatic hydroxyl groups is 1. The van der Waals surface area contributed by atoms with E-state index in [1.54, 1.807) is 7.11 Å². The quantitative estimate of drug-likeness (QED) is 0.894. The largest absolute Gasteiger partial charge is 0.496 e. The molecule has 0 radical (unpaired) electrons. The second-order valence-electron chi connectivity index (χ2n) is 5.15. The fourth-order valence-corrected chi connectivity index (χ4v) is 2.58. The number of ether oxygens (including phenoxy) is 1. The lowest BCUT2D eigenvalue weighted by atomic mass is 9.86. The van der Waals surface area contributed by atoms with Crippen molar-refractivity contribution in [2.24, 2.45) is 0 Å². The van der Waals surface area contributed by atoms with Gasteiger partial charge in [-0.1, -0.05) is 36.4 Å². The first kappa shape index (κ1) is 14.6. The minimum atomic E-state index is 0.162. The summed E-state index contributed by atoms with van der Waals surface area (Å²) in [5, 5.41) is 9.41. The van der Waals surface area contributed by atoms with Crippen LogP contribution in [0.3, 0.4) is 0 Å². The first-order chi connectivity index (χ1) is 9.67. The van der Waals surface area contributed by atoms with Crippen molar-refractivity contribution in [2.75, 3.05) is 13.7 Å². The van der Waals surface area contributed by atoms with Crippen molar-refractivity contribution in [2.45, 2.75) is 26.2 Å². The van der Waals surface area contributed by atoms with Crippen molar-refractivity contribution in [3.05, 3.63) is 64.7 Å². The molecule has 0 saturated heterocycles. The molecule has 0 aliphatic heterocycles. The Labute approximate surface area is 121 Å². The average Bonchev–Trinajstić information content (AvgIpc) is 2.48. The normalized spacial score (nSPS) is 12.2. The predicted molar refractivity (Wildman–Crippen MR) is 82.5 cm³/mol. The maximum Gasteiger partial charge on any atom is 0.122 e. The van der Waals surface area contributed by atoms with Gasteiger partial charge in [0, 0.05) is 18.1 Å². The highest BCUT2D eigenvalue weighted by atomic mass is 16.5.